The first-order chi connectivity index (χ1) is 11.4. The third-order valence-electron chi connectivity index (χ3n) is 4.07. The Hall–Kier alpha value is -2.70. The van der Waals surface area contributed by atoms with Crippen LogP contribution in [-0.2, 0) is 11.3 Å². The Balaban J connectivity index is 1.63. The molecule has 7 heteroatoms. The van der Waals surface area contributed by atoms with Crippen molar-refractivity contribution >= 4 is 11.8 Å². The molecule has 1 fully saturated rings. The summed E-state index contributed by atoms with van der Waals surface area (Å²) in [6.07, 6.45) is 0.227. The number of aromatic nitrogens is 1. The molecule has 6 nitrogen and oxygen atoms in total. The number of nitrogens with zero attached hydrogens (tertiary/aromatic N) is 2. The van der Waals surface area contributed by atoms with Gasteiger partial charge in [-0.3, -0.25) is 9.59 Å². The number of likely N-dealkylation sites (tertiary alicyclic amines) is 1. The van der Waals surface area contributed by atoms with Crippen molar-refractivity contribution in [3.05, 3.63) is 52.7 Å². The first-order valence-corrected chi connectivity index (χ1v) is 7.70. The number of nitrogens with one attached hydrogen (secondary N) is 1. The average Bonchev–Trinajstić information content (AvgIpc) is 3.02. The van der Waals surface area contributed by atoms with E-state index in [0.29, 0.717) is 30.1 Å². The predicted octanol–water partition coefficient (Wildman–Crippen LogP) is 1.96. The molecule has 24 heavy (non-hydrogen) atoms. The normalized spacial score (nSPS) is 17.4. The van der Waals surface area contributed by atoms with Gasteiger partial charge in [-0.2, -0.15) is 0 Å². The summed E-state index contributed by atoms with van der Waals surface area (Å²) in [5.74, 6) is -0.242. The molecule has 1 atom stereocenters. The van der Waals surface area contributed by atoms with Gasteiger partial charge in [0.05, 0.1) is 11.7 Å². The highest BCUT2D eigenvalue weighted by atomic mass is 19.1. The van der Waals surface area contributed by atoms with Crippen LogP contribution < -0.4 is 5.32 Å². The number of hydrogen-bond acceptors (Lipinski definition) is 4. The third kappa shape index (κ3) is 3.29. The van der Waals surface area contributed by atoms with E-state index in [1.807, 2.05) is 0 Å². The lowest BCUT2D eigenvalue weighted by molar-refractivity contribution is -0.128. The van der Waals surface area contributed by atoms with Crippen LogP contribution in [-0.4, -0.2) is 34.5 Å². The first kappa shape index (κ1) is 16.2. The highest BCUT2D eigenvalue weighted by Gasteiger charge is 2.31. The van der Waals surface area contributed by atoms with Crippen molar-refractivity contribution in [3.63, 3.8) is 0 Å². The van der Waals surface area contributed by atoms with Crippen molar-refractivity contribution in [1.82, 2.24) is 15.4 Å². The predicted molar refractivity (Wildman–Crippen MR) is 83.7 cm³/mol. The summed E-state index contributed by atoms with van der Waals surface area (Å²) in [6, 6.07) is 5.87. The van der Waals surface area contributed by atoms with Crippen molar-refractivity contribution < 1.29 is 18.5 Å². The lowest BCUT2D eigenvalue weighted by atomic mass is 10.1. The van der Waals surface area contributed by atoms with Crippen LogP contribution in [0.25, 0.3) is 0 Å². The zero-order chi connectivity index (χ0) is 17.3. The van der Waals surface area contributed by atoms with Crippen molar-refractivity contribution in [2.24, 2.45) is 0 Å². The summed E-state index contributed by atoms with van der Waals surface area (Å²) in [5.41, 5.74) is 1.65. The molecule has 126 valence electrons. The second kappa shape index (κ2) is 6.43. The minimum atomic E-state index is -0.331. The van der Waals surface area contributed by atoms with Gasteiger partial charge in [0.15, 0.2) is 0 Å². The average molecular weight is 331 g/mol. The van der Waals surface area contributed by atoms with Crippen LogP contribution in [0.2, 0.25) is 0 Å². The Morgan fingerprint density at radius 1 is 1.46 bits per heavy atom. The number of halogens is 1. The molecule has 1 aliphatic heterocycles. The van der Waals surface area contributed by atoms with E-state index in [0.717, 1.165) is 5.56 Å². The van der Waals surface area contributed by atoms with Crippen LogP contribution in [0.1, 0.15) is 33.8 Å². The van der Waals surface area contributed by atoms with Crippen LogP contribution in [0.4, 0.5) is 4.39 Å². The van der Waals surface area contributed by atoms with Crippen LogP contribution in [0.15, 0.2) is 28.8 Å². The fraction of sp³-hybridized carbons (Fsp3) is 0.353. The quantitative estimate of drug-likeness (QED) is 0.929. The summed E-state index contributed by atoms with van der Waals surface area (Å²) in [6.45, 7) is 4.09. The molecule has 0 unspecified atom stereocenters. The van der Waals surface area contributed by atoms with Gasteiger partial charge in [-0.05, 0) is 31.5 Å². The molecule has 1 N–H and O–H groups in total. The maximum absolute atomic E-state index is 13.2. The minimum absolute atomic E-state index is 0.0664. The number of rotatable bonds is 4. The fourth-order valence-electron chi connectivity index (χ4n) is 2.94. The maximum Gasteiger partial charge on any atom is 0.257 e. The molecule has 3 rings (SSSR count). The van der Waals surface area contributed by atoms with E-state index in [-0.39, 0.29) is 30.1 Å². The van der Waals surface area contributed by atoms with Gasteiger partial charge in [-0.15, -0.1) is 0 Å². The van der Waals surface area contributed by atoms with Gasteiger partial charge in [-0.1, -0.05) is 17.3 Å². The Morgan fingerprint density at radius 2 is 2.25 bits per heavy atom. The molecule has 0 spiro atoms. The zero-order valence-electron chi connectivity index (χ0n) is 13.5. The Bertz CT molecular complexity index is 768. The molecule has 0 radical (unpaired) electrons. The van der Waals surface area contributed by atoms with Gasteiger partial charge >= 0.3 is 0 Å². The summed E-state index contributed by atoms with van der Waals surface area (Å²) < 4.78 is 18.2. The standard InChI is InChI=1S/C17H18FN3O3/c1-10-16(11(2)24-20-10)17(23)19-14-7-15(22)21(9-14)8-12-4-3-5-13(18)6-12/h3-6,14H,7-9H2,1-2H3,(H,19,23)/t14-/m1/s1. The van der Waals surface area contributed by atoms with E-state index < -0.39 is 0 Å². The number of carbonyl (C=O) groups excluding carboxylic acids is 2. The Kier molecular flexibility index (Phi) is 4.33. The van der Waals surface area contributed by atoms with Crippen molar-refractivity contribution in [1.29, 1.82) is 0 Å². The van der Waals surface area contributed by atoms with Gasteiger partial charge in [-0.25, -0.2) is 4.39 Å². The van der Waals surface area contributed by atoms with Crippen LogP contribution in [0.5, 0.6) is 0 Å². The number of aryl methyl sites for hydroxylation is 2. The summed E-state index contributed by atoms with van der Waals surface area (Å²) in [5, 5.41) is 6.60. The smallest absolute Gasteiger partial charge is 0.257 e. The van der Waals surface area contributed by atoms with Gasteiger partial charge in [0.2, 0.25) is 5.91 Å². The second-order valence-corrected chi connectivity index (χ2v) is 5.98. The van der Waals surface area contributed by atoms with E-state index in [4.69, 9.17) is 4.52 Å². The Labute approximate surface area is 138 Å². The summed E-state index contributed by atoms with van der Waals surface area (Å²) in [7, 11) is 0. The van der Waals surface area contributed by atoms with Crippen molar-refractivity contribution in [3.8, 4) is 0 Å². The number of carbonyl (C=O) groups is 2. The molecule has 1 aromatic carbocycles. The van der Waals surface area contributed by atoms with E-state index in [2.05, 4.69) is 10.5 Å². The lowest BCUT2D eigenvalue weighted by Gasteiger charge is -2.17. The monoisotopic (exact) mass is 331 g/mol. The highest BCUT2D eigenvalue weighted by molar-refractivity contribution is 5.96. The van der Waals surface area contributed by atoms with Crippen molar-refractivity contribution in [2.45, 2.75) is 32.9 Å². The number of benzene rings is 1. The van der Waals surface area contributed by atoms with Crippen LogP contribution >= 0.6 is 0 Å². The first-order valence-electron chi connectivity index (χ1n) is 7.70. The molecule has 2 amide bonds. The van der Waals surface area contributed by atoms with Crippen molar-refractivity contribution in [2.75, 3.05) is 6.54 Å². The van der Waals surface area contributed by atoms with E-state index in [1.165, 1.54) is 12.1 Å². The number of hydrogen-bond donors (Lipinski definition) is 1. The molecular formula is C17H18FN3O3. The van der Waals surface area contributed by atoms with E-state index >= 15 is 0 Å². The number of amides is 2. The molecule has 1 saturated heterocycles. The highest BCUT2D eigenvalue weighted by Crippen LogP contribution is 2.18. The Morgan fingerprint density at radius 3 is 2.92 bits per heavy atom. The molecule has 0 bridgehead atoms. The third-order valence-corrected chi connectivity index (χ3v) is 4.07. The fourth-order valence-corrected chi connectivity index (χ4v) is 2.94. The van der Waals surface area contributed by atoms with Crippen LogP contribution in [0, 0.1) is 19.7 Å². The second-order valence-electron chi connectivity index (χ2n) is 5.98. The topological polar surface area (TPSA) is 75.4 Å². The van der Waals surface area contributed by atoms with Gasteiger partial charge < -0.3 is 14.7 Å². The van der Waals surface area contributed by atoms with Crippen LogP contribution in [0.3, 0.4) is 0 Å². The molecule has 2 aromatic rings. The SMILES string of the molecule is Cc1noc(C)c1C(=O)N[C@@H]1CC(=O)N(Cc2cccc(F)c2)C1. The molecule has 1 aromatic heterocycles. The molecule has 1 aliphatic rings. The molecule has 0 aliphatic carbocycles. The van der Waals surface area contributed by atoms with E-state index in [9.17, 15) is 14.0 Å². The van der Waals surface area contributed by atoms with E-state index in [1.54, 1.807) is 30.9 Å². The molecule has 0 saturated carbocycles. The summed E-state index contributed by atoms with van der Waals surface area (Å²) >= 11 is 0. The van der Waals surface area contributed by atoms with Gasteiger partial charge in [0.1, 0.15) is 17.1 Å². The molecular weight excluding hydrogens is 313 g/mol. The molecule has 2 heterocycles. The lowest BCUT2D eigenvalue weighted by Crippen LogP contribution is -2.37. The minimum Gasteiger partial charge on any atom is -0.361 e. The zero-order valence-corrected chi connectivity index (χ0v) is 13.5. The van der Waals surface area contributed by atoms with Gasteiger partial charge in [0, 0.05) is 19.5 Å². The van der Waals surface area contributed by atoms with Gasteiger partial charge in [0.25, 0.3) is 5.91 Å². The summed E-state index contributed by atoms with van der Waals surface area (Å²) in [4.78, 5) is 26.1. The largest absolute Gasteiger partial charge is 0.361 e. The maximum atomic E-state index is 13.2.